The predicted octanol–water partition coefficient (Wildman–Crippen LogP) is 2.55. The molecule has 1 rings (SSSR count). The van der Waals surface area contributed by atoms with Crippen molar-refractivity contribution in [1.82, 2.24) is 0 Å². The molecule has 3 unspecified atom stereocenters. The third-order valence-corrected chi connectivity index (χ3v) is 3.75. The molecule has 0 aromatic carbocycles. The van der Waals surface area contributed by atoms with E-state index < -0.39 is 11.6 Å². The van der Waals surface area contributed by atoms with Gasteiger partial charge in [0.25, 0.3) is 0 Å². The van der Waals surface area contributed by atoms with Gasteiger partial charge in [-0.25, -0.2) is 4.79 Å². The maximum atomic E-state index is 11.4. The second-order valence-corrected chi connectivity index (χ2v) is 5.14. The normalized spacial score (nSPS) is 36.9. The standard InChI is InChI=1S/C12H22O3/c1-8(2)10-6-5-9(3)7-12(10,15-4)11(13)14/h8-10H,5-7H2,1-4H3,(H,13,14). The molecular weight excluding hydrogens is 192 g/mol. The van der Waals surface area contributed by atoms with Crippen molar-refractivity contribution in [3.05, 3.63) is 0 Å². The van der Waals surface area contributed by atoms with Crippen LogP contribution in [0.4, 0.5) is 0 Å². The highest BCUT2D eigenvalue weighted by Crippen LogP contribution is 2.43. The average Bonchev–Trinajstić information content (AvgIpc) is 2.16. The van der Waals surface area contributed by atoms with Gasteiger partial charge in [0.15, 0.2) is 5.60 Å². The topological polar surface area (TPSA) is 46.5 Å². The van der Waals surface area contributed by atoms with Crippen LogP contribution in [0, 0.1) is 17.8 Å². The van der Waals surface area contributed by atoms with E-state index in [2.05, 4.69) is 20.8 Å². The average molecular weight is 214 g/mol. The summed E-state index contributed by atoms with van der Waals surface area (Å²) >= 11 is 0. The van der Waals surface area contributed by atoms with Crippen LogP contribution in [0.25, 0.3) is 0 Å². The molecule has 1 N–H and O–H groups in total. The molecule has 3 heteroatoms. The minimum absolute atomic E-state index is 0.135. The molecule has 3 nitrogen and oxygen atoms in total. The lowest BCUT2D eigenvalue weighted by molar-refractivity contribution is -0.181. The monoisotopic (exact) mass is 214 g/mol. The molecule has 0 amide bonds. The third kappa shape index (κ3) is 2.17. The summed E-state index contributed by atoms with van der Waals surface area (Å²) in [6.45, 7) is 6.27. The fraction of sp³-hybridized carbons (Fsp3) is 0.917. The Morgan fingerprint density at radius 2 is 2.07 bits per heavy atom. The molecule has 0 heterocycles. The number of carboxylic acid groups (broad SMARTS) is 1. The highest BCUT2D eigenvalue weighted by molar-refractivity contribution is 5.78. The number of hydrogen-bond donors (Lipinski definition) is 1. The van der Waals surface area contributed by atoms with Gasteiger partial charge in [-0.1, -0.05) is 27.2 Å². The van der Waals surface area contributed by atoms with Crippen molar-refractivity contribution in [2.45, 2.75) is 45.6 Å². The van der Waals surface area contributed by atoms with Crippen LogP contribution in [0.15, 0.2) is 0 Å². The lowest BCUT2D eigenvalue weighted by Crippen LogP contribution is -2.53. The van der Waals surface area contributed by atoms with Gasteiger partial charge in [0.2, 0.25) is 0 Å². The second kappa shape index (κ2) is 4.52. The Labute approximate surface area is 91.8 Å². The van der Waals surface area contributed by atoms with Crippen molar-refractivity contribution < 1.29 is 14.6 Å². The molecule has 3 atom stereocenters. The first-order valence-electron chi connectivity index (χ1n) is 5.72. The van der Waals surface area contributed by atoms with Crippen molar-refractivity contribution in [2.75, 3.05) is 7.11 Å². The van der Waals surface area contributed by atoms with Crippen LogP contribution in [0.1, 0.15) is 40.0 Å². The quantitative estimate of drug-likeness (QED) is 0.785. The minimum Gasteiger partial charge on any atom is -0.479 e. The Kier molecular flexibility index (Phi) is 3.77. The molecule has 0 bridgehead atoms. The van der Waals surface area contributed by atoms with E-state index in [4.69, 9.17) is 4.74 Å². The number of aliphatic carboxylic acids is 1. The van der Waals surface area contributed by atoms with Gasteiger partial charge in [0, 0.05) is 13.0 Å². The number of hydrogen-bond acceptors (Lipinski definition) is 2. The summed E-state index contributed by atoms with van der Waals surface area (Å²) in [6.07, 6.45) is 2.71. The van der Waals surface area contributed by atoms with Gasteiger partial charge in [0.05, 0.1) is 0 Å². The van der Waals surface area contributed by atoms with Gasteiger partial charge in [-0.15, -0.1) is 0 Å². The number of rotatable bonds is 3. The van der Waals surface area contributed by atoms with Gasteiger partial charge in [-0.05, 0) is 24.7 Å². The van der Waals surface area contributed by atoms with Crippen LogP contribution in [-0.2, 0) is 9.53 Å². The van der Waals surface area contributed by atoms with Gasteiger partial charge < -0.3 is 9.84 Å². The molecule has 0 radical (unpaired) electrons. The molecule has 0 aromatic heterocycles. The van der Waals surface area contributed by atoms with Crippen LogP contribution in [-0.4, -0.2) is 23.8 Å². The largest absolute Gasteiger partial charge is 0.479 e. The van der Waals surface area contributed by atoms with Crippen LogP contribution in [0.5, 0.6) is 0 Å². The second-order valence-electron chi connectivity index (χ2n) is 5.14. The molecule has 88 valence electrons. The molecule has 0 saturated heterocycles. The van der Waals surface area contributed by atoms with E-state index in [0.29, 0.717) is 18.3 Å². The third-order valence-electron chi connectivity index (χ3n) is 3.75. The summed E-state index contributed by atoms with van der Waals surface area (Å²) in [7, 11) is 1.53. The molecule has 0 spiro atoms. The van der Waals surface area contributed by atoms with Gasteiger partial charge in [0.1, 0.15) is 0 Å². The molecule has 15 heavy (non-hydrogen) atoms. The Morgan fingerprint density at radius 1 is 1.47 bits per heavy atom. The fourth-order valence-electron chi connectivity index (χ4n) is 2.91. The Bertz CT molecular complexity index is 237. The maximum absolute atomic E-state index is 11.4. The zero-order chi connectivity index (χ0) is 11.6. The first kappa shape index (κ1) is 12.5. The summed E-state index contributed by atoms with van der Waals surface area (Å²) in [4.78, 5) is 11.4. The number of methoxy groups -OCH3 is 1. The zero-order valence-electron chi connectivity index (χ0n) is 10.1. The Morgan fingerprint density at radius 3 is 2.47 bits per heavy atom. The smallest absolute Gasteiger partial charge is 0.336 e. The molecule has 1 saturated carbocycles. The van der Waals surface area contributed by atoms with Crippen molar-refractivity contribution in [1.29, 1.82) is 0 Å². The van der Waals surface area contributed by atoms with Gasteiger partial charge >= 0.3 is 5.97 Å². The molecule has 1 aliphatic carbocycles. The van der Waals surface area contributed by atoms with E-state index in [1.807, 2.05) is 0 Å². The summed E-state index contributed by atoms with van der Waals surface area (Å²) < 4.78 is 5.38. The Balaban J connectivity index is 2.99. The van der Waals surface area contributed by atoms with Crippen molar-refractivity contribution in [3.63, 3.8) is 0 Å². The van der Waals surface area contributed by atoms with Gasteiger partial charge in [-0.3, -0.25) is 0 Å². The highest BCUT2D eigenvalue weighted by atomic mass is 16.5. The highest BCUT2D eigenvalue weighted by Gasteiger charge is 2.50. The maximum Gasteiger partial charge on any atom is 0.336 e. The summed E-state index contributed by atoms with van der Waals surface area (Å²) in [5.41, 5.74) is -0.953. The van der Waals surface area contributed by atoms with Crippen molar-refractivity contribution in [3.8, 4) is 0 Å². The van der Waals surface area contributed by atoms with E-state index in [0.717, 1.165) is 12.8 Å². The number of carboxylic acids is 1. The molecule has 0 aliphatic heterocycles. The van der Waals surface area contributed by atoms with Crippen LogP contribution >= 0.6 is 0 Å². The summed E-state index contributed by atoms with van der Waals surface area (Å²) in [6, 6.07) is 0. The zero-order valence-corrected chi connectivity index (χ0v) is 10.1. The van der Waals surface area contributed by atoms with Crippen molar-refractivity contribution in [2.24, 2.45) is 17.8 Å². The van der Waals surface area contributed by atoms with Crippen LogP contribution < -0.4 is 0 Å². The van der Waals surface area contributed by atoms with Crippen molar-refractivity contribution >= 4 is 5.97 Å². The molecular formula is C12H22O3. The predicted molar refractivity (Wildman–Crippen MR) is 58.7 cm³/mol. The molecule has 1 fully saturated rings. The minimum atomic E-state index is -0.953. The first-order chi connectivity index (χ1) is 6.94. The molecule has 0 aromatic rings. The number of ether oxygens (including phenoxy) is 1. The molecule has 1 aliphatic rings. The van der Waals surface area contributed by atoms with Gasteiger partial charge in [-0.2, -0.15) is 0 Å². The lowest BCUT2D eigenvalue weighted by atomic mass is 9.67. The van der Waals surface area contributed by atoms with E-state index in [-0.39, 0.29) is 5.92 Å². The summed E-state index contributed by atoms with van der Waals surface area (Å²) in [5, 5.41) is 9.40. The van der Waals surface area contributed by atoms with Crippen LogP contribution in [0.3, 0.4) is 0 Å². The fourth-order valence-corrected chi connectivity index (χ4v) is 2.91. The van der Waals surface area contributed by atoms with E-state index in [1.54, 1.807) is 0 Å². The van der Waals surface area contributed by atoms with E-state index >= 15 is 0 Å². The van der Waals surface area contributed by atoms with E-state index in [9.17, 15) is 9.90 Å². The first-order valence-corrected chi connectivity index (χ1v) is 5.72. The summed E-state index contributed by atoms with van der Waals surface area (Å²) in [5.74, 6) is 0.135. The lowest BCUT2D eigenvalue weighted by Gasteiger charge is -2.44. The number of carbonyl (C=O) groups is 1. The van der Waals surface area contributed by atoms with E-state index in [1.165, 1.54) is 7.11 Å². The SMILES string of the molecule is COC1(C(=O)O)CC(C)CCC1C(C)C. The van der Waals surface area contributed by atoms with Crippen LogP contribution in [0.2, 0.25) is 0 Å². The Hall–Kier alpha value is -0.570.